The molecular formula is C21H31N7OS. The molecule has 8 nitrogen and oxygen atoms in total. The molecule has 2 aliphatic heterocycles. The highest BCUT2D eigenvalue weighted by Crippen LogP contribution is 2.35. The maximum Gasteiger partial charge on any atom is 0.226 e. The van der Waals surface area contributed by atoms with E-state index in [-0.39, 0.29) is 0 Å². The standard InChI is InChI=1S/C19H25N7OS.C2H6/c1-24-11-14(10-21-24)16-18-17(23-19(22-16)26-6-8-27-9-7-26)15(13-28-18)12-25-4-2-20-3-5-25;1-2/h10-11,13,20H,2-9,12H2,1H3;1-2H3. The number of hydrogen-bond donors (Lipinski definition) is 1. The second kappa shape index (κ2) is 9.82. The minimum absolute atomic E-state index is 0.723. The molecule has 9 heteroatoms. The number of hydrogen-bond acceptors (Lipinski definition) is 8. The van der Waals surface area contributed by atoms with Crippen molar-refractivity contribution >= 4 is 27.5 Å². The number of morpholine rings is 1. The van der Waals surface area contributed by atoms with Crippen LogP contribution in [-0.4, -0.2) is 77.1 Å². The summed E-state index contributed by atoms with van der Waals surface area (Å²) in [6.45, 7) is 12.3. The van der Waals surface area contributed by atoms with Gasteiger partial charge in [-0.2, -0.15) is 5.10 Å². The molecule has 3 aromatic heterocycles. The normalized spacial score (nSPS) is 17.8. The summed E-state index contributed by atoms with van der Waals surface area (Å²) in [5.41, 5.74) is 4.40. The highest BCUT2D eigenvalue weighted by molar-refractivity contribution is 7.17. The van der Waals surface area contributed by atoms with Gasteiger partial charge in [0.25, 0.3) is 0 Å². The Labute approximate surface area is 181 Å². The Hall–Kier alpha value is -2.07. The summed E-state index contributed by atoms with van der Waals surface area (Å²) >= 11 is 1.74. The maximum absolute atomic E-state index is 5.52. The van der Waals surface area contributed by atoms with Gasteiger partial charge in [0.1, 0.15) is 0 Å². The molecule has 2 saturated heterocycles. The van der Waals surface area contributed by atoms with Crippen molar-refractivity contribution in [3.8, 4) is 11.3 Å². The van der Waals surface area contributed by atoms with E-state index in [1.807, 2.05) is 38.0 Å². The van der Waals surface area contributed by atoms with Gasteiger partial charge in [-0.15, -0.1) is 11.3 Å². The van der Waals surface area contributed by atoms with E-state index in [1.54, 1.807) is 11.3 Å². The van der Waals surface area contributed by atoms with Gasteiger partial charge in [-0.1, -0.05) is 13.8 Å². The molecule has 2 fully saturated rings. The Morgan fingerprint density at radius 1 is 1.10 bits per heavy atom. The van der Waals surface area contributed by atoms with E-state index in [9.17, 15) is 0 Å². The summed E-state index contributed by atoms with van der Waals surface area (Å²) in [5.74, 6) is 0.801. The summed E-state index contributed by atoms with van der Waals surface area (Å²) in [5, 5.41) is 10.0. The van der Waals surface area contributed by atoms with Crippen LogP contribution in [-0.2, 0) is 18.3 Å². The van der Waals surface area contributed by atoms with Gasteiger partial charge < -0.3 is 15.0 Å². The topological polar surface area (TPSA) is 71.3 Å². The molecule has 5 heterocycles. The number of piperazine rings is 1. The van der Waals surface area contributed by atoms with Crippen molar-refractivity contribution in [3.63, 3.8) is 0 Å². The molecule has 0 spiro atoms. The van der Waals surface area contributed by atoms with Gasteiger partial charge in [0.05, 0.1) is 35.3 Å². The molecule has 162 valence electrons. The first-order valence-corrected chi connectivity index (χ1v) is 11.7. The summed E-state index contributed by atoms with van der Waals surface area (Å²) in [6.07, 6.45) is 3.92. The van der Waals surface area contributed by atoms with Crippen LogP contribution in [0.5, 0.6) is 0 Å². The lowest BCUT2D eigenvalue weighted by atomic mass is 10.2. The van der Waals surface area contributed by atoms with E-state index >= 15 is 0 Å². The smallest absolute Gasteiger partial charge is 0.226 e. The predicted octanol–water partition coefficient (Wildman–Crippen LogP) is 2.36. The fourth-order valence-corrected chi connectivity index (χ4v) is 4.83. The lowest BCUT2D eigenvalue weighted by Crippen LogP contribution is -2.42. The van der Waals surface area contributed by atoms with Crippen LogP contribution in [0.25, 0.3) is 21.5 Å². The molecule has 0 saturated carbocycles. The summed E-state index contributed by atoms with van der Waals surface area (Å²) < 4.78 is 8.49. The Kier molecular flexibility index (Phi) is 6.93. The van der Waals surface area contributed by atoms with Crippen LogP contribution in [0.15, 0.2) is 17.8 Å². The van der Waals surface area contributed by atoms with E-state index < -0.39 is 0 Å². The van der Waals surface area contributed by atoms with Crippen molar-refractivity contribution in [3.05, 3.63) is 23.3 Å². The Morgan fingerprint density at radius 3 is 2.57 bits per heavy atom. The van der Waals surface area contributed by atoms with Crippen LogP contribution < -0.4 is 10.2 Å². The highest BCUT2D eigenvalue weighted by atomic mass is 32.1. The summed E-state index contributed by atoms with van der Waals surface area (Å²) in [6, 6.07) is 0. The first kappa shape index (κ1) is 21.2. The van der Waals surface area contributed by atoms with E-state index in [2.05, 4.69) is 25.6 Å². The van der Waals surface area contributed by atoms with Crippen molar-refractivity contribution in [2.75, 3.05) is 57.4 Å². The van der Waals surface area contributed by atoms with E-state index in [0.29, 0.717) is 0 Å². The SMILES string of the molecule is CC.Cn1cc(-c2nc(N3CCOCC3)nc3c(CN4CCNCC4)csc23)cn1. The van der Waals surface area contributed by atoms with Crippen molar-refractivity contribution in [1.29, 1.82) is 0 Å². The molecule has 0 bridgehead atoms. The van der Waals surface area contributed by atoms with Crippen molar-refractivity contribution in [2.45, 2.75) is 20.4 Å². The van der Waals surface area contributed by atoms with Gasteiger partial charge >= 0.3 is 0 Å². The van der Waals surface area contributed by atoms with E-state index in [1.165, 1.54) is 5.56 Å². The quantitative estimate of drug-likeness (QED) is 0.683. The predicted molar refractivity (Wildman–Crippen MR) is 122 cm³/mol. The monoisotopic (exact) mass is 429 g/mol. The largest absolute Gasteiger partial charge is 0.378 e. The Bertz CT molecular complexity index is 958. The van der Waals surface area contributed by atoms with Gasteiger partial charge in [-0.3, -0.25) is 9.58 Å². The van der Waals surface area contributed by atoms with Crippen LogP contribution in [0.1, 0.15) is 19.4 Å². The zero-order valence-corrected chi connectivity index (χ0v) is 18.9. The molecule has 5 rings (SSSR count). The number of aromatic nitrogens is 4. The van der Waals surface area contributed by atoms with Gasteiger partial charge in [-0.25, -0.2) is 9.97 Å². The number of nitrogens with zero attached hydrogens (tertiary/aromatic N) is 6. The molecule has 0 aliphatic carbocycles. The summed E-state index contributed by atoms with van der Waals surface area (Å²) in [7, 11) is 1.94. The Balaban J connectivity index is 0.00000106. The molecule has 0 unspecified atom stereocenters. The fraction of sp³-hybridized carbons (Fsp3) is 0.571. The van der Waals surface area contributed by atoms with Crippen LogP contribution in [0, 0.1) is 0 Å². The Morgan fingerprint density at radius 2 is 1.87 bits per heavy atom. The van der Waals surface area contributed by atoms with Crippen molar-refractivity contribution < 1.29 is 4.74 Å². The molecule has 0 amide bonds. The third kappa shape index (κ3) is 4.49. The van der Waals surface area contributed by atoms with Crippen LogP contribution >= 0.6 is 11.3 Å². The minimum Gasteiger partial charge on any atom is -0.378 e. The molecule has 0 aromatic carbocycles. The van der Waals surface area contributed by atoms with Gasteiger partial charge in [0.2, 0.25) is 5.95 Å². The second-order valence-corrected chi connectivity index (χ2v) is 8.22. The van der Waals surface area contributed by atoms with E-state index in [4.69, 9.17) is 14.7 Å². The third-order valence-electron chi connectivity index (χ3n) is 5.35. The van der Waals surface area contributed by atoms with Crippen molar-refractivity contribution in [2.24, 2.45) is 7.05 Å². The zero-order chi connectivity index (χ0) is 20.9. The maximum atomic E-state index is 5.52. The fourth-order valence-electron chi connectivity index (χ4n) is 3.82. The first-order chi connectivity index (χ1) is 14.8. The first-order valence-electron chi connectivity index (χ1n) is 10.8. The van der Waals surface area contributed by atoms with Gasteiger partial charge in [-0.05, 0) is 5.38 Å². The third-order valence-corrected chi connectivity index (χ3v) is 6.38. The van der Waals surface area contributed by atoms with Crippen LogP contribution in [0.3, 0.4) is 0 Å². The molecule has 1 N–H and O–H groups in total. The number of anilines is 1. The minimum atomic E-state index is 0.723. The lowest BCUT2D eigenvalue weighted by molar-refractivity contribution is 0.122. The molecule has 0 radical (unpaired) electrons. The van der Waals surface area contributed by atoms with Gasteiger partial charge in [0.15, 0.2) is 0 Å². The molecule has 3 aromatic rings. The second-order valence-electron chi connectivity index (χ2n) is 7.34. The average molecular weight is 430 g/mol. The van der Waals surface area contributed by atoms with Crippen molar-refractivity contribution in [1.82, 2.24) is 30.0 Å². The van der Waals surface area contributed by atoms with E-state index in [0.717, 1.165) is 86.4 Å². The lowest BCUT2D eigenvalue weighted by Gasteiger charge is -2.28. The number of rotatable bonds is 4. The number of fused-ring (bicyclic) bond motifs is 1. The molecule has 2 aliphatic rings. The summed E-state index contributed by atoms with van der Waals surface area (Å²) in [4.78, 5) is 14.7. The number of ether oxygens (including phenoxy) is 1. The van der Waals surface area contributed by atoms with Crippen LogP contribution in [0.2, 0.25) is 0 Å². The molecule has 30 heavy (non-hydrogen) atoms. The van der Waals surface area contributed by atoms with Crippen LogP contribution in [0.4, 0.5) is 5.95 Å². The molecular weight excluding hydrogens is 398 g/mol. The van der Waals surface area contributed by atoms with Gasteiger partial charge in [0, 0.05) is 70.2 Å². The highest BCUT2D eigenvalue weighted by Gasteiger charge is 2.21. The zero-order valence-electron chi connectivity index (χ0n) is 18.1. The number of thiophene rings is 1. The number of aryl methyl sites for hydroxylation is 1. The average Bonchev–Trinajstić information content (AvgIpc) is 3.42. The number of nitrogens with one attached hydrogen (secondary N) is 1. The molecule has 0 atom stereocenters.